The average molecular weight is 1290 g/mol. The van der Waals surface area contributed by atoms with Crippen molar-refractivity contribution in [2.75, 3.05) is 19.8 Å². The number of aliphatic hydroxyl groups excluding tert-OH is 8. The molecule has 14 heteroatoms. The van der Waals surface area contributed by atoms with Crippen LogP contribution in [0, 0.1) is 0 Å². The molecule has 2 fully saturated rings. The largest absolute Gasteiger partial charge is 0.394 e. The Labute approximate surface area is 557 Å². The Bertz CT molecular complexity index is 1670. The van der Waals surface area contributed by atoms with Crippen LogP contribution in [0.25, 0.3) is 0 Å². The lowest BCUT2D eigenvalue weighted by Gasteiger charge is -2.46. The third-order valence-corrected chi connectivity index (χ3v) is 19.0. The number of nitrogens with one attached hydrogen (secondary N) is 1. The van der Waals surface area contributed by atoms with E-state index in [4.69, 9.17) is 18.9 Å². The van der Waals surface area contributed by atoms with E-state index in [9.17, 15) is 45.6 Å². The van der Waals surface area contributed by atoms with Gasteiger partial charge in [-0.25, -0.2) is 0 Å². The van der Waals surface area contributed by atoms with Crippen LogP contribution in [0.15, 0.2) is 36.5 Å². The average Bonchev–Trinajstić information content (AvgIpc) is 1.24. The molecule has 0 aromatic heterocycles. The molecule has 0 radical (unpaired) electrons. The zero-order valence-electron chi connectivity index (χ0n) is 58.6. The number of rotatable bonds is 65. The van der Waals surface area contributed by atoms with Crippen LogP contribution in [0.2, 0.25) is 0 Å². The molecule has 536 valence electrons. The maximum absolute atomic E-state index is 13.3. The van der Waals surface area contributed by atoms with Gasteiger partial charge in [0.15, 0.2) is 12.6 Å². The van der Waals surface area contributed by atoms with E-state index in [0.29, 0.717) is 12.8 Å². The minimum Gasteiger partial charge on any atom is -0.394 e. The van der Waals surface area contributed by atoms with Crippen molar-refractivity contribution in [1.82, 2.24) is 5.32 Å². The first-order chi connectivity index (χ1) is 44.6. The van der Waals surface area contributed by atoms with Gasteiger partial charge in [-0.05, 0) is 57.8 Å². The van der Waals surface area contributed by atoms with Crippen molar-refractivity contribution in [3.05, 3.63) is 36.5 Å². The summed E-state index contributed by atoms with van der Waals surface area (Å²) in [6.07, 6.45) is 64.0. The summed E-state index contributed by atoms with van der Waals surface area (Å²) < 4.78 is 22.8. The molecule has 0 aromatic carbocycles. The fourth-order valence-electron chi connectivity index (χ4n) is 12.9. The maximum atomic E-state index is 13.3. The molecule has 2 heterocycles. The van der Waals surface area contributed by atoms with Crippen LogP contribution in [-0.2, 0) is 23.7 Å². The second-order valence-electron chi connectivity index (χ2n) is 27.5. The molecule has 0 aromatic rings. The van der Waals surface area contributed by atoms with Gasteiger partial charge < -0.3 is 65.1 Å². The highest BCUT2D eigenvalue weighted by atomic mass is 16.7. The Morgan fingerprint density at radius 3 is 1.08 bits per heavy atom. The lowest BCUT2D eigenvalue weighted by Crippen LogP contribution is -2.65. The van der Waals surface area contributed by atoms with Gasteiger partial charge in [-0.1, -0.05) is 326 Å². The lowest BCUT2D eigenvalue weighted by molar-refractivity contribution is -0.359. The van der Waals surface area contributed by atoms with Crippen molar-refractivity contribution in [2.45, 2.75) is 428 Å². The molecule has 0 spiro atoms. The minimum atomic E-state index is -1.79. The predicted molar refractivity (Wildman–Crippen MR) is 374 cm³/mol. The fraction of sp³-hybridized carbons (Fsp3) is 0.909. The molecular formula is C77H145NO13. The van der Waals surface area contributed by atoms with Gasteiger partial charge in [0.1, 0.15) is 48.8 Å². The second kappa shape index (κ2) is 61.8. The summed E-state index contributed by atoms with van der Waals surface area (Å²) in [5.74, 6) is -0.242. The summed E-state index contributed by atoms with van der Waals surface area (Å²) in [6.45, 7) is 2.82. The molecular weight excluding hydrogens is 1150 g/mol. The number of unbranched alkanes of at least 4 members (excludes halogenated alkanes) is 48. The number of carbonyl (C=O) groups excluding carboxylic acids is 1. The van der Waals surface area contributed by atoms with E-state index in [1.54, 1.807) is 6.08 Å². The first-order valence-corrected chi connectivity index (χ1v) is 38.7. The molecule has 2 aliphatic heterocycles. The third-order valence-electron chi connectivity index (χ3n) is 19.0. The molecule has 2 aliphatic rings. The topological polar surface area (TPSA) is 228 Å². The number of carbonyl (C=O) groups is 1. The van der Waals surface area contributed by atoms with Crippen LogP contribution in [0.4, 0.5) is 0 Å². The van der Waals surface area contributed by atoms with E-state index < -0.39 is 86.8 Å². The number of hydrogen-bond donors (Lipinski definition) is 9. The Morgan fingerprint density at radius 1 is 0.385 bits per heavy atom. The van der Waals surface area contributed by atoms with E-state index in [1.165, 1.54) is 289 Å². The molecule has 0 bridgehead atoms. The second-order valence-corrected chi connectivity index (χ2v) is 27.5. The first kappa shape index (κ1) is 85.3. The zero-order valence-corrected chi connectivity index (χ0v) is 58.6. The highest BCUT2D eigenvalue weighted by Gasteiger charge is 2.51. The normalized spacial score (nSPS) is 22.9. The highest BCUT2D eigenvalue weighted by molar-refractivity contribution is 5.76. The van der Waals surface area contributed by atoms with E-state index in [2.05, 4.69) is 43.5 Å². The molecule has 0 saturated carbocycles. The van der Waals surface area contributed by atoms with Crippen molar-refractivity contribution in [1.29, 1.82) is 0 Å². The van der Waals surface area contributed by atoms with Crippen molar-refractivity contribution in [3.63, 3.8) is 0 Å². The minimum absolute atomic E-state index is 0.242. The lowest BCUT2D eigenvalue weighted by atomic mass is 9.97. The van der Waals surface area contributed by atoms with Crippen LogP contribution in [0.1, 0.15) is 354 Å². The summed E-state index contributed by atoms with van der Waals surface area (Å²) >= 11 is 0. The van der Waals surface area contributed by atoms with Crippen molar-refractivity contribution >= 4 is 5.91 Å². The van der Waals surface area contributed by atoms with E-state index >= 15 is 0 Å². The smallest absolute Gasteiger partial charge is 0.220 e. The molecule has 1 amide bonds. The van der Waals surface area contributed by atoms with E-state index in [0.717, 1.165) is 32.1 Å². The summed E-state index contributed by atoms with van der Waals surface area (Å²) in [7, 11) is 0. The number of aliphatic hydroxyl groups is 8. The Balaban J connectivity index is 1.54. The molecule has 12 unspecified atom stereocenters. The van der Waals surface area contributed by atoms with Crippen LogP contribution < -0.4 is 5.32 Å². The van der Waals surface area contributed by atoms with Gasteiger partial charge in [-0.15, -0.1) is 0 Å². The number of amides is 1. The molecule has 12 atom stereocenters. The fourth-order valence-corrected chi connectivity index (χ4v) is 12.9. The monoisotopic (exact) mass is 1290 g/mol. The molecule has 2 rings (SSSR count). The van der Waals surface area contributed by atoms with Crippen molar-refractivity contribution < 1.29 is 64.6 Å². The van der Waals surface area contributed by atoms with Gasteiger partial charge in [0, 0.05) is 6.42 Å². The number of hydrogen-bond acceptors (Lipinski definition) is 13. The van der Waals surface area contributed by atoms with Gasteiger partial charge in [-0.3, -0.25) is 4.79 Å². The van der Waals surface area contributed by atoms with Crippen LogP contribution in [0.3, 0.4) is 0 Å². The quantitative estimate of drug-likeness (QED) is 0.0204. The molecule has 9 N–H and O–H groups in total. The summed E-state index contributed by atoms with van der Waals surface area (Å²) in [4.78, 5) is 13.3. The Hall–Kier alpha value is -1.79. The number of allylic oxidation sites excluding steroid dienone is 5. The van der Waals surface area contributed by atoms with E-state index in [-0.39, 0.29) is 18.9 Å². The van der Waals surface area contributed by atoms with Crippen LogP contribution in [0.5, 0.6) is 0 Å². The van der Waals surface area contributed by atoms with E-state index in [1.807, 2.05) is 6.08 Å². The highest BCUT2D eigenvalue weighted by Crippen LogP contribution is 2.30. The Morgan fingerprint density at radius 2 is 0.703 bits per heavy atom. The molecule has 14 nitrogen and oxygen atoms in total. The summed E-state index contributed by atoms with van der Waals surface area (Å²) in [5.41, 5.74) is 0. The van der Waals surface area contributed by atoms with Gasteiger partial charge in [0.25, 0.3) is 0 Å². The predicted octanol–water partition coefficient (Wildman–Crippen LogP) is 16.9. The van der Waals surface area contributed by atoms with Crippen LogP contribution >= 0.6 is 0 Å². The first-order valence-electron chi connectivity index (χ1n) is 38.7. The third kappa shape index (κ3) is 45.4. The van der Waals surface area contributed by atoms with Gasteiger partial charge in [-0.2, -0.15) is 0 Å². The summed E-state index contributed by atoms with van der Waals surface area (Å²) in [5, 5.41) is 87.4. The van der Waals surface area contributed by atoms with Gasteiger partial charge in [0.05, 0.1) is 32.0 Å². The van der Waals surface area contributed by atoms with Crippen LogP contribution in [-0.4, -0.2) is 140 Å². The Kier molecular flexibility index (Phi) is 57.9. The number of ether oxygens (including phenoxy) is 4. The van der Waals surface area contributed by atoms with Gasteiger partial charge in [0.2, 0.25) is 5.91 Å². The molecule has 2 saturated heterocycles. The SMILES string of the molecule is CCCCCCCCCC/C=C\CCCCCCCCCCCCCCCCCCCCCCCCCCCCCCCC(=O)NC(COC1OC(CO)C(OC2OC(CO)C(O)C(O)C2O)C(O)C1O)C(O)/C=C/CC/C=C/CCCCCCCCCCCC. The molecule has 0 aliphatic carbocycles. The van der Waals surface area contributed by atoms with Crippen molar-refractivity contribution in [3.8, 4) is 0 Å². The standard InChI is InChI=1S/C77H145NO13/c1-3-5-7-9-11-13-15-17-19-21-22-23-24-25-26-27-28-29-30-31-32-33-34-35-36-37-38-39-40-41-42-43-44-45-47-49-51-53-55-57-59-61-69(82)78-65(66(81)60-58-56-54-52-50-48-46-20-18-16-14-12-10-8-6-4-2)64-88-76-74(87)72(85)75(68(63-80)90-76)91-77-73(86)71(84)70(83)67(62-79)89-77/h21-22,50,52,58,60,65-68,70-77,79-81,83-87H,3-20,23-49,51,53-57,59,61-64H2,1-2H3,(H,78,82)/b22-21-,52-50+,60-58+. The molecule has 91 heavy (non-hydrogen) atoms. The maximum Gasteiger partial charge on any atom is 0.220 e. The van der Waals surface area contributed by atoms with Crippen molar-refractivity contribution in [2.24, 2.45) is 0 Å². The zero-order chi connectivity index (χ0) is 65.9. The van der Waals surface area contributed by atoms with Gasteiger partial charge >= 0.3 is 0 Å². The summed E-state index contributed by atoms with van der Waals surface area (Å²) in [6, 6.07) is -0.930.